The largest absolute Gasteiger partial charge is 0.329 e. The highest BCUT2D eigenvalue weighted by atomic mass is 16.2. The van der Waals surface area contributed by atoms with Crippen LogP contribution in [0, 0.1) is 0 Å². The van der Waals surface area contributed by atoms with Crippen LogP contribution in [0.3, 0.4) is 0 Å². The van der Waals surface area contributed by atoms with Gasteiger partial charge in [0.05, 0.1) is 13.1 Å². The number of amides is 3. The maximum atomic E-state index is 11.6. The molecule has 2 fully saturated rings. The molecule has 0 radical (unpaired) electrons. The third kappa shape index (κ3) is 3.24. The number of carbonyl (C=O) groups is 2. The Hall–Kier alpha value is -1.89. The topological polar surface area (TPSA) is 70.5 Å². The minimum absolute atomic E-state index is 0.124. The molecule has 7 nitrogen and oxygen atoms in total. The molecule has 1 atom stereocenters. The average Bonchev–Trinajstić information content (AvgIpc) is 3.10. The standard InChI is InChI=1S/C14H21N5O2/c20-13-10-15-14(21)19(13)9-8-17-6-2-1-4-12(17)11-18-7-3-5-16-18/h3,5,7,12H,1-2,4,6,8-11H2,(H,15,21)/t12-/m1/s1. The zero-order valence-corrected chi connectivity index (χ0v) is 12.1. The number of likely N-dealkylation sites (tertiary alicyclic amines) is 1. The van der Waals surface area contributed by atoms with Gasteiger partial charge in [0, 0.05) is 31.5 Å². The second-order valence-electron chi connectivity index (χ2n) is 5.62. The van der Waals surface area contributed by atoms with Crippen LogP contribution in [0.15, 0.2) is 18.5 Å². The zero-order valence-electron chi connectivity index (χ0n) is 12.1. The fourth-order valence-electron chi connectivity index (χ4n) is 3.10. The van der Waals surface area contributed by atoms with E-state index in [9.17, 15) is 9.59 Å². The Morgan fingerprint density at radius 2 is 2.19 bits per heavy atom. The van der Waals surface area contributed by atoms with E-state index in [1.165, 1.54) is 17.7 Å². The lowest BCUT2D eigenvalue weighted by Gasteiger charge is -2.36. The molecule has 2 saturated heterocycles. The minimum Gasteiger partial charge on any atom is -0.329 e. The molecule has 2 aliphatic rings. The number of urea groups is 1. The van der Waals surface area contributed by atoms with Gasteiger partial charge in [-0.2, -0.15) is 5.10 Å². The third-order valence-electron chi connectivity index (χ3n) is 4.25. The van der Waals surface area contributed by atoms with Gasteiger partial charge in [0.1, 0.15) is 0 Å². The zero-order chi connectivity index (χ0) is 14.7. The Morgan fingerprint density at radius 3 is 2.90 bits per heavy atom. The average molecular weight is 291 g/mol. The summed E-state index contributed by atoms with van der Waals surface area (Å²) in [6.45, 7) is 3.24. The predicted octanol–water partition coefficient (Wildman–Crippen LogP) is 0.289. The van der Waals surface area contributed by atoms with Crippen LogP contribution in [0.4, 0.5) is 4.79 Å². The number of nitrogens with one attached hydrogen (secondary N) is 1. The highest BCUT2D eigenvalue weighted by Crippen LogP contribution is 2.18. The maximum Gasteiger partial charge on any atom is 0.324 e. The summed E-state index contributed by atoms with van der Waals surface area (Å²) in [6, 6.07) is 2.10. The van der Waals surface area contributed by atoms with Crippen LogP contribution in [0.5, 0.6) is 0 Å². The van der Waals surface area contributed by atoms with Crippen LogP contribution in [0.25, 0.3) is 0 Å². The van der Waals surface area contributed by atoms with Crippen LogP contribution < -0.4 is 5.32 Å². The van der Waals surface area contributed by atoms with Gasteiger partial charge in [0.2, 0.25) is 5.91 Å². The van der Waals surface area contributed by atoms with E-state index in [2.05, 4.69) is 15.3 Å². The van der Waals surface area contributed by atoms with Crippen molar-refractivity contribution >= 4 is 11.9 Å². The second kappa shape index (κ2) is 6.26. The van der Waals surface area contributed by atoms with Crippen molar-refractivity contribution in [2.45, 2.75) is 31.8 Å². The van der Waals surface area contributed by atoms with E-state index in [-0.39, 0.29) is 18.5 Å². The Labute approximate surface area is 123 Å². The van der Waals surface area contributed by atoms with E-state index < -0.39 is 0 Å². The number of imide groups is 1. The normalized spacial score (nSPS) is 23.6. The molecule has 1 aromatic heterocycles. The van der Waals surface area contributed by atoms with Crippen LogP contribution >= 0.6 is 0 Å². The van der Waals surface area contributed by atoms with Crippen molar-refractivity contribution in [3.63, 3.8) is 0 Å². The first-order chi connectivity index (χ1) is 10.2. The summed E-state index contributed by atoms with van der Waals surface area (Å²) in [5.41, 5.74) is 0. The van der Waals surface area contributed by atoms with E-state index in [1.807, 2.05) is 16.9 Å². The molecule has 1 aromatic rings. The molecule has 3 rings (SSSR count). The number of aromatic nitrogens is 2. The minimum atomic E-state index is -0.263. The quantitative estimate of drug-likeness (QED) is 0.792. The van der Waals surface area contributed by atoms with Gasteiger partial charge in [-0.15, -0.1) is 0 Å². The fourth-order valence-corrected chi connectivity index (χ4v) is 3.10. The van der Waals surface area contributed by atoms with Gasteiger partial charge in [-0.1, -0.05) is 6.42 Å². The SMILES string of the molecule is O=C1CNC(=O)N1CCN1CCCC[C@@H]1Cn1cccn1. The molecule has 2 aliphatic heterocycles. The van der Waals surface area contributed by atoms with Crippen molar-refractivity contribution in [2.24, 2.45) is 0 Å². The molecule has 3 heterocycles. The van der Waals surface area contributed by atoms with Crippen molar-refractivity contribution in [1.29, 1.82) is 0 Å². The van der Waals surface area contributed by atoms with Crippen molar-refractivity contribution in [3.8, 4) is 0 Å². The van der Waals surface area contributed by atoms with Gasteiger partial charge in [0.15, 0.2) is 0 Å². The van der Waals surface area contributed by atoms with Gasteiger partial charge < -0.3 is 5.32 Å². The van der Waals surface area contributed by atoms with Crippen LogP contribution in [0.1, 0.15) is 19.3 Å². The van der Waals surface area contributed by atoms with E-state index in [0.717, 1.165) is 26.1 Å². The highest BCUT2D eigenvalue weighted by Gasteiger charge is 2.30. The Bertz CT molecular complexity index is 485. The number of nitrogens with zero attached hydrogens (tertiary/aromatic N) is 4. The smallest absolute Gasteiger partial charge is 0.324 e. The highest BCUT2D eigenvalue weighted by molar-refractivity contribution is 6.01. The third-order valence-corrected chi connectivity index (χ3v) is 4.25. The summed E-state index contributed by atoms with van der Waals surface area (Å²) in [5.74, 6) is -0.124. The molecular formula is C14H21N5O2. The molecule has 21 heavy (non-hydrogen) atoms. The monoisotopic (exact) mass is 291 g/mol. The number of hydrogen-bond donors (Lipinski definition) is 1. The molecular weight excluding hydrogens is 270 g/mol. The van der Waals surface area contributed by atoms with Crippen molar-refractivity contribution in [2.75, 3.05) is 26.2 Å². The molecule has 0 aliphatic carbocycles. The molecule has 1 N–H and O–H groups in total. The van der Waals surface area contributed by atoms with Crippen LogP contribution in [-0.2, 0) is 11.3 Å². The Kier molecular flexibility index (Phi) is 4.19. The number of hydrogen-bond acceptors (Lipinski definition) is 4. The van der Waals surface area contributed by atoms with Crippen LogP contribution in [-0.4, -0.2) is 63.7 Å². The van der Waals surface area contributed by atoms with Gasteiger partial charge >= 0.3 is 6.03 Å². The lowest BCUT2D eigenvalue weighted by molar-refractivity contribution is -0.125. The molecule has 0 bridgehead atoms. The van der Waals surface area contributed by atoms with Gasteiger partial charge in [-0.05, 0) is 25.5 Å². The first-order valence-corrected chi connectivity index (χ1v) is 7.54. The lowest BCUT2D eigenvalue weighted by atomic mass is 10.0. The summed E-state index contributed by atoms with van der Waals surface area (Å²) in [5, 5.41) is 6.83. The fraction of sp³-hybridized carbons (Fsp3) is 0.643. The number of rotatable bonds is 5. The van der Waals surface area contributed by atoms with Crippen LogP contribution in [0.2, 0.25) is 0 Å². The molecule has 3 amide bonds. The Morgan fingerprint density at radius 1 is 1.29 bits per heavy atom. The summed E-state index contributed by atoms with van der Waals surface area (Å²) >= 11 is 0. The van der Waals surface area contributed by atoms with E-state index in [0.29, 0.717) is 12.6 Å². The van der Waals surface area contributed by atoms with Gasteiger partial charge in [-0.25, -0.2) is 4.79 Å². The van der Waals surface area contributed by atoms with Crippen molar-refractivity contribution in [3.05, 3.63) is 18.5 Å². The van der Waals surface area contributed by atoms with E-state index in [4.69, 9.17) is 0 Å². The molecule has 0 unspecified atom stereocenters. The van der Waals surface area contributed by atoms with Gasteiger partial charge in [-0.3, -0.25) is 19.3 Å². The van der Waals surface area contributed by atoms with E-state index in [1.54, 1.807) is 6.20 Å². The van der Waals surface area contributed by atoms with Crippen molar-refractivity contribution in [1.82, 2.24) is 24.9 Å². The summed E-state index contributed by atoms with van der Waals surface area (Å²) in [4.78, 5) is 26.9. The maximum absolute atomic E-state index is 11.6. The summed E-state index contributed by atoms with van der Waals surface area (Å²) < 4.78 is 1.96. The second-order valence-corrected chi connectivity index (χ2v) is 5.62. The van der Waals surface area contributed by atoms with Crippen molar-refractivity contribution < 1.29 is 9.59 Å². The first-order valence-electron chi connectivity index (χ1n) is 7.54. The molecule has 7 heteroatoms. The molecule has 114 valence electrons. The summed E-state index contributed by atoms with van der Waals surface area (Å²) in [6.07, 6.45) is 7.31. The molecule has 0 spiro atoms. The van der Waals surface area contributed by atoms with Gasteiger partial charge in [0.25, 0.3) is 0 Å². The number of piperidine rings is 1. The molecule has 0 saturated carbocycles. The Balaban J connectivity index is 1.56. The molecule has 0 aromatic carbocycles. The first kappa shape index (κ1) is 14.1. The van der Waals surface area contributed by atoms with E-state index >= 15 is 0 Å². The number of carbonyl (C=O) groups excluding carboxylic acids is 2. The lowest BCUT2D eigenvalue weighted by Crippen LogP contribution is -2.46. The predicted molar refractivity (Wildman–Crippen MR) is 76.6 cm³/mol. The summed E-state index contributed by atoms with van der Waals surface area (Å²) in [7, 11) is 0.